The largest absolute Gasteiger partial charge is 0.151 e. The Kier molecular flexibility index (Phi) is 2.50. The molecule has 0 spiro atoms. The molecule has 0 radical (unpaired) electrons. The first-order chi connectivity index (χ1) is 4.97. The summed E-state index contributed by atoms with van der Waals surface area (Å²) in [5.74, 6) is 2.54. The molecule has 0 aromatic heterocycles. The first-order valence-corrected chi connectivity index (χ1v) is 6.36. The average molecular weight is 174 g/mol. The van der Waals surface area contributed by atoms with Crippen molar-refractivity contribution in [2.45, 2.75) is 30.9 Å². The quantitative estimate of drug-likeness (QED) is 0.554. The number of fused-ring (bicyclic) bond motifs is 1. The molecule has 2 atom stereocenters. The topological polar surface area (TPSA) is 0 Å². The molecule has 2 fully saturated rings. The van der Waals surface area contributed by atoms with Crippen LogP contribution in [-0.4, -0.2) is 16.1 Å². The summed E-state index contributed by atoms with van der Waals surface area (Å²) in [6.07, 6.45) is 6.03. The van der Waals surface area contributed by atoms with Crippen LogP contribution in [0.25, 0.3) is 0 Å². The molecule has 2 rings (SSSR count). The minimum Gasteiger partial charge on any atom is -0.151 e. The molecule has 1 aliphatic carbocycles. The van der Waals surface area contributed by atoms with Crippen molar-refractivity contribution < 1.29 is 0 Å². The molecule has 0 bridgehead atoms. The van der Waals surface area contributed by atoms with Gasteiger partial charge < -0.3 is 0 Å². The van der Waals surface area contributed by atoms with E-state index >= 15 is 0 Å². The van der Waals surface area contributed by atoms with Gasteiger partial charge in [-0.3, -0.25) is 0 Å². The van der Waals surface area contributed by atoms with Gasteiger partial charge in [-0.05, 0) is 24.5 Å². The molecule has 2 aliphatic rings. The van der Waals surface area contributed by atoms with E-state index in [1.54, 1.807) is 0 Å². The standard InChI is InChI=1S/C8H14S2/c1-2-4-8-7(3-1)5-9-6-10-8/h7-8H,1-6H2/t7-,8-/m1/s1. The molecular weight excluding hydrogens is 160 g/mol. The van der Waals surface area contributed by atoms with Crippen molar-refractivity contribution in [3.63, 3.8) is 0 Å². The summed E-state index contributed by atoms with van der Waals surface area (Å²) in [5, 5.41) is 2.41. The summed E-state index contributed by atoms with van der Waals surface area (Å²) in [5.41, 5.74) is 0. The molecular formula is C8H14S2. The lowest BCUT2D eigenvalue weighted by Gasteiger charge is -2.34. The summed E-state index contributed by atoms with van der Waals surface area (Å²) in [6, 6.07) is 0. The Balaban J connectivity index is 1.93. The van der Waals surface area contributed by atoms with E-state index in [1.807, 2.05) is 0 Å². The molecule has 1 saturated carbocycles. The Bertz CT molecular complexity index is 87.8. The van der Waals surface area contributed by atoms with Gasteiger partial charge in [0, 0.05) is 10.3 Å². The van der Waals surface area contributed by atoms with Gasteiger partial charge in [0.05, 0.1) is 0 Å². The third kappa shape index (κ3) is 1.48. The van der Waals surface area contributed by atoms with Crippen LogP contribution in [-0.2, 0) is 0 Å². The van der Waals surface area contributed by atoms with E-state index in [4.69, 9.17) is 0 Å². The van der Waals surface area contributed by atoms with Crippen molar-refractivity contribution in [1.29, 1.82) is 0 Å². The van der Waals surface area contributed by atoms with Crippen LogP contribution in [0.2, 0.25) is 0 Å². The highest BCUT2D eigenvalue weighted by Crippen LogP contribution is 2.40. The molecule has 2 heteroatoms. The smallest absolute Gasteiger partial charge is 0.0395 e. The Morgan fingerprint density at radius 2 is 2.00 bits per heavy atom. The second-order valence-electron chi connectivity index (χ2n) is 3.24. The number of rotatable bonds is 0. The van der Waals surface area contributed by atoms with Gasteiger partial charge in [0.25, 0.3) is 0 Å². The molecule has 1 heterocycles. The Morgan fingerprint density at radius 3 is 2.90 bits per heavy atom. The predicted molar refractivity (Wildman–Crippen MR) is 50.7 cm³/mol. The molecule has 1 aliphatic heterocycles. The summed E-state index contributed by atoms with van der Waals surface area (Å²) in [4.78, 5) is 0. The van der Waals surface area contributed by atoms with Gasteiger partial charge >= 0.3 is 0 Å². The van der Waals surface area contributed by atoms with Crippen molar-refractivity contribution in [3.8, 4) is 0 Å². The van der Waals surface area contributed by atoms with E-state index in [0.717, 1.165) is 11.2 Å². The van der Waals surface area contributed by atoms with E-state index in [2.05, 4.69) is 23.5 Å². The lowest BCUT2D eigenvalue weighted by atomic mass is 9.90. The van der Waals surface area contributed by atoms with Gasteiger partial charge in [-0.2, -0.15) is 11.8 Å². The highest BCUT2D eigenvalue weighted by molar-refractivity contribution is 8.16. The Morgan fingerprint density at radius 1 is 1.10 bits per heavy atom. The van der Waals surface area contributed by atoms with E-state index in [-0.39, 0.29) is 0 Å². The third-order valence-corrected chi connectivity index (χ3v) is 5.46. The van der Waals surface area contributed by atoms with Gasteiger partial charge in [0.15, 0.2) is 0 Å². The van der Waals surface area contributed by atoms with E-state index in [9.17, 15) is 0 Å². The first-order valence-electron chi connectivity index (χ1n) is 4.16. The van der Waals surface area contributed by atoms with Crippen LogP contribution in [0, 0.1) is 5.92 Å². The summed E-state index contributed by atoms with van der Waals surface area (Å²) in [7, 11) is 0. The fourth-order valence-electron chi connectivity index (χ4n) is 1.92. The zero-order valence-electron chi connectivity index (χ0n) is 6.21. The van der Waals surface area contributed by atoms with Crippen LogP contribution in [0.4, 0.5) is 0 Å². The minimum absolute atomic E-state index is 1.05. The normalized spacial score (nSPS) is 40.8. The first kappa shape index (κ1) is 7.35. The molecule has 0 nitrogen and oxygen atoms in total. The highest BCUT2D eigenvalue weighted by atomic mass is 32.2. The molecule has 1 saturated heterocycles. The maximum Gasteiger partial charge on any atom is 0.0395 e. The summed E-state index contributed by atoms with van der Waals surface area (Å²) in [6.45, 7) is 0. The van der Waals surface area contributed by atoms with Crippen molar-refractivity contribution in [2.75, 3.05) is 10.8 Å². The van der Waals surface area contributed by atoms with Crippen molar-refractivity contribution in [2.24, 2.45) is 5.92 Å². The number of thioether (sulfide) groups is 2. The van der Waals surface area contributed by atoms with Crippen molar-refractivity contribution in [3.05, 3.63) is 0 Å². The molecule has 10 heavy (non-hydrogen) atoms. The zero-order chi connectivity index (χ0) is 6.81. The fourth-order valence-corrected chi connectivity index (χ4v) is 5.05. The lowest BCUT2D eigenvalue weighted by Crippen LogP contribution is -2.26. The second kappa shape index (κ2) is 3.40. The summed E-state index contributed by atoms with van der Waals surface area (Å²) < 4.78 is 0. The number of hydrogen-bond donors (Lipinski definition) is 0. The van der Waals surface area contributed by atoms with Crippen LogP contribution in [0.5, 0.6) is 0 Å². The molecule has 0 amide bonds. The van der Waals surface area contributed by atoms with E-state index < -0.39 is 0 Å². The highest BCUT2D eigenvalue weighted by Gasteiger charge is 2.27. The minimum atomic E-state index is 1.05. The predicted octanol–water partition coefficient (Wildman–Crippen LogP) is 2.98. The fraction of sp³-hybridized carbons (Fsp3) is 1.00. The second-order valence-corrected chi connectivity index (χ2v) is 5.86. The van der Waals surface area contributed by atoms with Crippen LogP contribution in [0.3, 0.4) is 0 Å². The van der Waals surface area contributed by atoms with Gasteiger partial charge in [-0.15, -0.1) is 11.8 Å². The maximum atomic E-state index is 2.21. The van der Waals surface area contributed by atoms with Crippen LogP contribution < -0.4 is 0 Å². The van der Waals surface area contributed by atoms with Crippen molar-refractivity contribution in [1.82, 2.24) is 0 Å². The number of hydrogen-bond acceptors (Lipinski definition) is 2. The Hall–Kier alpha value is 0.700. The van der Waals surface area contributed by atoms with Gasteiger partial charge in [0.1, 0.15) is 0 Å². The van der Waals surface area contributed by atoms with E-state index in [1.165, 1.54) is 36.5 Å². The molecule has 0 aromatic carbocycles. The molecule has 0 aromatic rings. The van der Waals surface area contributed by atoms with Gasteiger partial charge in [0.2, 0.25) is 0 Å². The molecule has 0 N–H and O–H groups in total. The third-order valence-electron chi connectivity index (χ3n) is 2.54. The monoisotopic (exact) mass is 174 g/mol. The zero-order valence-corrected chi connectivity index (χ0v) is 7.85. The SMILES string of the molecule is C1CC[C@H]2SCSC[C@H]2C1. The van der Waals surface area contributed by atoms with E-state index in [0.29, 0.717) is 0 Å². The van der Waals surface area contributed by atoms with Gasteiger partial charge in [-0.25, -0.2) is 0 Å². The molecule has 0 unspecified atom stereocenters. The Labute approximate surface area is 71.5 Å². The lowest BCUT2D eigenvalue weighted by molar-refractivity contribution is 0.402. The molecule has 58 valence electrons. The van der Waals surface area contributed by atoms with Crippen molar-refractivity contribution >= 4 is 23.5 Å². The van der Waals surface area contributed by atoms with Crippen LogP contribution in [0.15, 0.2) is 0 Å². The average Bonchev–Trinajstić information content (AvgIpc) is 2.05. The maximum absolute atomic E-state index is 2.21. The van der Waals surface area contributed by atoms with Gasteiger partial charge in [-0.1, -0.05) is 12.8 Å². The summed E-state index contributed by atoms with van der Waals surface area (Å²) >= 11 is 4.35. The van der Waals surface area contributed by atoms with Crippen LogP contribution >= 0.6 is 23.5 Å². The van der Waals surface area contributed by atoms with Crippen LogP contribution in [0.1, 0.15) is 25.7 Å².